The number of carbonyl (C=O) groups excluding carboxylic acids is 2. The number of rotatable bonds is 7. The molecule has 4 nitrogen and oxygen atoms in total. The zero-order valence-corrected chi connectivity index (χ0v) is 13.9. The molecule has 1 aromatic carbocycles. The highest BCUT2D eigenvalue weighted by Crippen LogP contribution is 2.20. The van der Waals surface area contributed by atoms with Crippen LogP contribution in [0.15, 0.2) is 42.0 Å². The number of benzene rings is 1. The Bertz CT molecular complexity index is 552. The van der Waals surface area contributed by atoms with Crippen molar-refractivity contribution in [2.75, 3.05) is 18.4 Å². The van der Waals surface area contributed by atoms with Gasteiger partial charge in [-0.15, -0.1) is 0 Å². The molecular formula is C19H26N2O2. The van der Waals surface area contributed by atoms with Crippen LogP contribution in [0.1, 0.15) is 45.4 Å². The van der Waals surface area contributed by atoms with E-state index in [0.717, 1.165) is 24.9 Å². The highest BCUT2D eigenvalue weighted by Gasteiger charge is 2.13. The first-order valence-corrected chi connectivity index (χ1v) is 8.43. The fourth-order valence-electron chi connectivity index (χ4n) is 2.82. The Morgan fingerprint density at radius 1 is 1.13 bits per heavy atom. The van der Waals surface area contributed by atoms with E-state index in [2.05, 4.69) is 11.4 Å². The number of amides is 2. The summed E-state index contributed by atoms with van der Waals surface area (Å²) < 4.78 is 0. The van der Waals surface area contributed by atoms with Crippen molar-refractivity contribution in [1.82, 2.24) is 4.90 Å². The summed E-state index contributed by atoms with van der Waals surface area (Å²) in [5.41, 5.74) is 2.25. The van der Waals surface area contributed by atoms with E-state index in [1.54, 1.807) is 11.8 Å². The Labute approximate surface area is 138 Å². The predicted octanol–water partition coefficient (Wildman–Crippen LogP) is 3.75. The molecule has 0 fully saturated rings. The van der Waals surface area contributed by atoms with Crippen LogP contribution in [0.2, 0.25) is 0 Å². The molecular weight excluding hydrogens is 288 g/mol. The average molecular weight is 314 g/mol. The maximum absolute atomic E-state index is 12.0. The van der Waals surface area contributed by atoms with Gasteiger partial charge in [-0.05, 0) is 44.2 Å². The molecule has 1 aliphatic carbocycles. The standard InChI is InChI=1S/C19H26N2O2/c1-16(22)21(14-12-17-8-4-2-5-9-17)15-13-19(23)20-18-10-6-3-7-11-18/h3,6-8,10-11H,2,4-5,9,12-15H2,1H3,(H,20,23). The molecule has 0 saturated carbocycles. The lowest BCUT2D eigenvalue weighted by molar-refractivity contribution is -0.129. The Kier molecular flexibility index (Phi) is 6.85. The van der Waals surface area contributed by atoms with Crippen molar-refractivity contribution >= 4 is 17.5 Å². The summed E-state index contributed by atoms with van der Waals surface area (Å²) in [7, 11) is 0. The molecule has 0 bridgehead atoms. The van der Waals surface area contributed by atoms with Gasteiger partial charge in [0.25, 0.3) is 0 Å². The van der Waals surface area contributed by atoms with Crippen molar-refractivity contribution in [3.8, 4) is 0 Å². The van der Waals surface area contributed by atoms with Crippen LogP contribution < -0.4 is 5.32 Å². The second-order valence-corrected chi connectivity index (χ2v) is 6.03. The van der Waals surface area contributed by atoms with E-state index in [0.29, 0.717) is 19.5 Å². The molecule has 1 aromatic rings. The number of hydrogen-bond acceptors (Lipinski definition) is 2. The fourth-order valence-corrected chi connectivity index (χ4v) is 2.82. The van der Waals surface area contributed by atoms with E-state index >= 15 is 0 Å². The number of allylic oxidation sites excluding steroid dienone is 1. The van der Waals surface area contributed by atoms with E-state index in [1.807, 2.05) is 30.3 Å². The van der Waals surface area contributed by atoms with Crippen LogP contribution in [0.25, 0.3) is 0 Å². The normalized spacial score (nSPS) is 14.0. The van der Waals surface area contributed by atoms with Crippen molar-refractivity contribution < 1.29 is 9.59 Å². The lowest BCUT2D eigenvalue weighted by atomic mass is 9.97. The van der Waals surface area contributed by atoms with E-state index < -0.39 is 0 Å². The van der Waals surface area contributed by atoms with Gasteiger partial charge in [0.1, 0.15) is 0 Å². The van der Waals surface area contributed by atoms with Crippen LogP contribution >= 0.6 is 0 Å². The van der Waals surface area contributed by atoms with Crippen LogP contribution in [0.3, 0.4) is 0 Å². The number of nitrogens with zero attached hydrogens (tertiary/aromatic N) is 1. The molecule has 2 rings (SSSR count). The summed E-state index contributed by atoms with van der Waals surface area (Å²) in [6, 6.07) is 9.39. The van der Waals surface area contributed by atoms with Gasteiger partial charge in [-0.3, -0.25) is 9.59 Å². The van der Waals surface area contributed by atoms with Gasteiger partial charge in [0.05, 0.1) is 0 Å². The molecule has 23 heavy (non-hydrogen) atoms. The highest BCUT2D eigenvalue weighted by molar-refractivity contribution is 5.91. The Morgan fingerprint density at radius 3 is 2.57 bits per heavy atom. The number of anilines is 1. The molecule has 0 aliphatic heterocycles. The van der Waals surface area contributed by atoms with Gasteiger partial charge in [0.2, 0.25) is 11.8 Å². The third-order valence-corrected chi connectivity index (χ3v) is 4.20. The van der Waals surface area contributed by atoms with Crippen molar-refractivity contribution in [3.63, 3.8) is 0 Å². The summed E-state index contributed by atoms with van der Waals surface area (Å²) in [4.78, 5) is 25.5. The molecule has 0 atom stereocenters. The van der Waals surface area contributed by atoms with Crippen LogP contribution in [-0.2, 0) is 9.59 Å². The minimum Gasteiger partial charge on any atom is -0.342 e. The molecule has 0 heterocycles. The third-order valence-electron chi connectivity index (χ3n) is 4.20. The molecule has 1 N–H and O–H groups in total. The van der Waals surface area contributed by atoms with Gasteiger partial charge in [0, 0.05) is 32.1 Å². The van der Waals surface area contributed by atoms with Crippen LogP contribution in [-0.4, -0.2) is 29.8 Å². The average Bonchev–Trinajstić information content (AvgIpc) is 2.56. The Balaban J connectivity index is 1.76. The third kappa shape index (κ3) is 6.27. The maximum Gasteiger partial charge on any atom is 0.226 e. The molecule has 1 aliphatic rings. The molecule has 2 amide bonds. The maximum atomic E-state index is 12.0. The van der Waals surface area contributed by atoms with Crippen LogP contribution in [0.5, 0.6) is 0 Å². The van der Waals surface area contributed by atoms with E-state index in [-0.39, 0.29) is 11.8 Å². The Hall–Kier alpha value is -2.10. The monoisotopic (exact) mass is 314 g/mol. The van der Waals surface area contributed by atoms with Crippen molar-refractivity contribution in [2.24, 2.45) is 0 Å². The van der Waals surface area contributed by atoms with Gasteiger partial charge in [-0.1, -0.05) is 29.8 Å². The van der Waals surface area contributed by atoms with Gasteiger partial charge in [-0.25, -0.2) is 0 Å². The number of nitrogens with one attached hydrogen (secondary N) is 1. The lowest BCUT2D eigenvalue weighted by Gasteiger charge is -2.22. The zero-order valence-electron chi connectivity index (χ0n) is 13.9. The van der Waals surface area contributed by atoms with Gasteiger partial charge < -0.3 is 10.2 Å². The Morgan fingerprint density at radius 2 is 1.91 bits per heavy atom. The molecule has 0 radical (unpaired) electrons. The summed E-state index contributed by atoms with van der Waals surface area (Å²) in [5.74, 6) is -0.0201. The van der Waals surface area contributed by atoms with Crippen molar-refractivity contribution in [2.45, 2.75) is 45.4 Å². The number of para-hydroxylation sites is 1. The summed E-state index contributed by atoms with van der Waals surface area (Å²) in [5, 5.41) is 2.85. The van der Waals surface area contributed by atoms with Gasteiger partial charge >= 0.3 is 0 Å². The smallest absolute Gasteiger partial charge is 0.226 e. The predicted molar refractivity (Wildman–Crippen MR) is 93.1 cm³/mol. The zero-order chi connectivity index (χ0) is 16.5. The minimum absolute atomic E-state index is 0.0360. The largest absolute Gasteiger partial charge is 0.342 e. The summed E-state index contributed by atoms with van der Waals surface area (Å²) >= 11 is 0. The molecule has 0 aromatic heterocycles. The minimum atomic E-state index is -0.0562. The number of carbonyl (C=O) groups is 2. The first kappa shape index (κ1) is 17.3. The first-order valence-electron chi connectivity index (χ1n) is 8.43. The summed E-state index contributed by atoms with van der Waals surface area (Å²) in [6.07, 6.45) is 8.41. The van der Waals surface area contributed by atoms with E-state index in [4.69, 9.17) is 0 Å². The van der Waals surface area contributed by atoms with Crippen LogP contribution in [0.4, 0.5) is 5.69 Å². The SMILES string of the molecule is CC(=O)N(CCC(=O)Nc1ccccc1)CCC1=CCCCC1. The van der Waals surface area contributed by atoms with E-state index in [9.17, 15) is 9.59 Å². The van der Waals surface area contributed by atoms with Crippen LogP contribution in [0, 0.1) is 0 Å². The lowest BCUT2D eigenvalue weighted by Crippen LogP contribution is -2.33. The van der Waals surface area contributed by atoms with Crippen molar-refractivity contribution in [1.29, 1.82) is 0 Å². The van der Waals surface area contributed by atoms with Gasteiger partial charge in [0.15, 0.2) is 0 Å². The molecule has 124 valence electrons. The topological polar surface area (TPSA) is 49.4 Å². The van der Waals surface area contributed by atoms with Crippen molar-refractivity contribution in [3.05, 3.63) is 42.0 Å². The number of hydrogen-bond donors (Lipinski definition) is 1. The molecule has 0 saturated heterocycles. The summed E-state index contributed by atoms with van der Waals surface area (Å²) in [6.45, 7) is 2.76. The molecule has 4 heteroatoms. The first-order chi connectivity index (χ1) is 11.1. The molecule has 0 unspecified atom stereocenters. The van der Waals surface area contributed by atoms with Gasteiger partial charge in [-0.2, -0.15) is 0 Å². The second-order valence-electron chi connectivity index (χ2n) is 6.03. The second kappa shape index (κ2) is 9.13. The fraction of sp³-hybridized carbons (Fsp3) is 0.474. The molecule has 0 spiro atoms. The quantitative estimate of drug-likeness (QED) is 0.779. The highest BCUT2D eigenvalue weighted by atomic mass is 16.2. The van der Waals surface area contributed by atoms with E-state index in [1.165, 1.54) is 18.4 Å².